The van der Waals surface area contributed by atoms with Crippen molar-refractivity contribution in [3.05, 3.63) is 46.8 Å². The lowest BCUT2D eigenvalue weighted by molar-refractivity contribution is -0.115. The van der Waals surface area contributed by atoms with E-state index in [1.807, 2.05) is 31.2 Å². The Hall–Kier alpha value is -1.79. The lowest BCUT2D eigenvalue weighted by Crippen LogP contribution is -2.11. The van der Waals surface area contributed by atoms with E-state index in [4.69, 9.17) is 5.11 Å². The Labute approximate surface area is 131 Å². The van der Waals surface area contributed by atoms with E-state index in [2.05, 4.69) is 5.32 Å². The molecule has 0 fully saturated rings. The molecule has 0 radical (unpaired) electrons. The second-order valence-corrected chi connectivity index (χ2v) is 6.68. The number of thioether (sulfide) groups is 1. The summed E-state index contributed by atoms with van der Waals surface area (Å²) in [5, 5.41) is 12.1. The Morgan fingerprint density at radius 3 is 2.52 bits per heavy atom. The number of anilines is 1. The van der Waals surface area contributed by atoms with Gasteiger partial charge >= 0.3 is 5.97 Å². The minimum atomic E-state index is -0.976. The summed E-state index contributed by atoms with van der Waals surface area (Å²) in [4.78, 5) is 23.9. The fourth-order valence-electron chi connectivity index (χ4n) is 1.62. The van der Waals surface area contributed by atoms with Gasteiger partial charge in [-0.05, 0) is 31.2 Å². The lowest BCUT2D eigenvalue weighted by Gasteiger charge is -2.03. The molecular weight excluding hydrogens is 306 g/mol. The van der Waals surface area contributed by atoms with Crippen LogP contribution in [0, 0.1) is 6.92 Å². The predicted octanol–water partition coefficient (Wildman–Crippen LogP) is 3.88. The summed E-state index contributed by atoms with van der Waals surface area (Å²) in [6.45, 7) is 2.04. The van der Waals surface area contributed by atoms with Crippen LogP contribution in [0.3, 0.4) is 0 Å². The van der Waals surface area contributed by atoms with E-state index in [-0.39, 0.29) is 10.8 Å². The molecular formula is C15H15NO3S2. The van der Waals surface area contributed by atoms with Gasteiger partial charge in [-0.15, -0.1) is 23.1 Å². The van der Waals surface area contributed by atoms with Crippen LogP contribution < -0.4 is 5.32 Å². The molecule has 0 aliphatic carbocycles. The van der Waals surface area contributed by atoms with E-state index in [0.29, 0.717) is 17.2 Å². The van der Waals surface area contributed by atoms with Crippen molar-refractivity contribution in [3.63, 3.8) is 0 Å². The van der Waals surface area contributed by atoms with E-state index < -0.39 is 5.97 Å². The number of hydrogen-bond acceptors (Lipinski definition) is 4. The molecule has 21 heavy (non-hydrogen) atoms. The number of hydrogen-bond donors (Lipinski definition) is 2. The molecule has 1 heterocycles. The largest absolute Gasteiger partial charge is 0.477 e. The molecule has 1 aromatic heterocycles. The number of benzene rings is 1. The molecule has 0 aliphatic rings. The molecule has 4 nitrogen and oxygen atoms in total. The third kappa shape index (κ3) is 4.91. The van der Waals surface area contributed by atoms with Crippen molar-refractivity contribution in [1.82, 2.24) is 0 Å². The van der Waals surface area contributed by atoms with Crippen molar-refractivity contribution in [1.29, 1.82) is 0 Å². The summed E-state index contributed by atoms with van der Waals surface area (Å²) >= 11 is 2.69. The molecule has 0 aliphatic heterocycles. The molecule has 0 spiro atoms. The van der Waals surface area contributed by atoms with Crippen molar-refractivity contribution in [3.8, 4) is 0 Å². The highest BCUT2D eigenvalue weighted by atomic mass is 32.2. The summed E-state index contributed by atoms with van der Waals surface area (Å²) in [5.74, 6) is -0.393. The molecule has 6 heteroatoms. The highest BCUT2D eigenvalue weighted by Gasteiger charge is 2.09. The van der Waals surface area contributed by atoms with Gasteiger partial charge in [-0.2, -0.15) is 0 Å². The zero-order valence-electron chi connectivity index (χ0n) is 11.5. The molecule has 2 rings (SSSR count). The second kappa shape index (κ2) is 7.28. The van der Waals surface area contributed by atoms with Gasteiger partial charge in [0.05, 0.1) is 5.00 Å². The zero-order valence-corrected chi connectivity index (χ0v) is 13.1. The average Bonchev–Trinajstić information content (AvgIpc) is 2.90. The first kappa shape index (κ1) is 15.6. The predicted molar refractivity (Wildman–Crippen MR) is 86.4 cm³/mol. The zero-order chi connectivity index (χ0) is 15.2. The summed E-state index contributed by atoms with van der Waals surface area (Å²) < 4.78 is 0. The van der Waals surface area contributed by atoms with E-state index in [1.54, 1.807) is 17.8 Å². The number of carboxylic acids is 1. The van der Waals surface area contributed by atoms with Crippen molar-refractivity contribution in [2.24, 2.45) is 0 Å². The monoisotopic (exact) mass is 321 g/mol. The molecule has 110 valence electrons. The van der Waals surface area contributed by atoms with Crippen LogP contribution in [0.1, 0.15) is 21.7 Å². The number of rotatable bonds is 6. The molecule has 2 N–H and O–H groups in total. The first-order valence-corrected chi connectivity index (χ1v) is 8.17. The van der Waals surface area contributed by atoms with Gasteiger partial charge in [0.2, 0.25) is 5.91 Å². The van der Waals surface area contributed by atoms with Crippen molar-refractivity contribution in [2.75, 3.05) is 11.1 Å². The van der Waals surface area contributed by atoms with Crippen molar-refractivity contribution < 1.29 is 14.7 Å². The minimum Gasteiger partial charge on any atom is -0.477 e. The molecule has 0 bridgehead atoms. The van der Waals surface area contributed by atoms with Crippen LogP contribution in [0.5, 0.6) is 0 Å². The Morgan fingerprint density at radius 1 is 1.19 bits per heavy atom. The van der Waals surface area contributed by atoms with Gasteiger partial charge in [0.25, 0.3) is 0 Å². The SMILES string of the molecule is Cc1ccc(SCCC(=O)Nc2ccc(C(=O)O)s2)cc1. The Morgan fingerprint density at radius 2 is 1.90 bits per heavy atom. The fraction of sp³-hybridized carbons (Fsp3) is 0.200. The number of carbonyl (C=O) groups excluding carboxylic acids is 1. The third-order valence-electron chi connectivity index (χ3n) is 2.70. The van der Waals surface area contributed by atoms with Crippen LogP contribution in [-0.4, -0.2) is 22.7 Å². The highest BCUT2D eigenvalue weighted by Crippen LogP contribution is 2.23. The molecule has 0 saturated carbocycles. The third-order valence-corrected chi connectivity index (χ3v) is 4.70. The Bertz CT molecular complexity index is 635. The first-order valence-electron chi connectivity index (χ1n) is 6.37. The Balaban J connectivity index is 1.76. The maximum Gasteiger partial charge on any atom is 0.345 e. The van der Waals surface area contributed by atoms with Gasteiger partial charge in [-0.25, -0.2) is 4.79 Å². The maximum atomic E-state index is 11.8. The number of aromatic carboxylic acids is 1. The van der Waals surface area contributed by atoms with Gasteiger partial charge in [0, 0.05) is 17.1 Å². The summed E-state index contributed by atoms with van der Waals surface area (Å²) in [6.07, 6.45) is 0.388. The quantitative estimate of drug-likeness (QED) is 0.793. The van der Waals surface area contributed by atoms with E-state index >= 15 is 0 Å². The maximum absolute atomic E-state index is 11.8. The number of nitrogens with one attached hydrogen (secondary N) is 1. The van der Waals surface area contributed by atoms with Crippen molar-refractivity contribution in [2.45, 2.75) is 18.2 Å². The van der Waals surface area contributed by atoms with Crippen LogP contribution in [0.15, 0.2) is 41.3 Å². The van der Waals surface area contributed by atoms with E-state index in [1.165, 1.54) is 11.6 Å². The molecule has 1 aromatic carbocycles. The van der Waals surface area contributed by atoms with Gasteiger partial charge in [0.1, 0.15) is 4.88 Å². The summed E-state index contributed by atoms with van der Waals surface area (Å²) in [5.41, 5.74) is 1.21. The molecule has 0 unspecified atom stereocenters. The van der Waals surface area contributed by atoms with Crippen LogP contribution >= 0.6 is 23.1 Å². The molecule has 0 atom stereocenters. The van der Waals surface area contributed by atoms with Gasteiger partial charge in [0.15, 0.2) is 0 Å². The van der Waals surface area contributed by atoms with Gasteiger partial charge in [-0.1, -0.05) is 17.7 Å². The van der Waals surface area contributed by atoms with Crippen LogP contribution in [0.25, 0.3) is 0 Å². The second-order valence-electron chi connectivity index (χ2n) is 4.43. The van der Waals surface area contributed by atoms with Crippen molar-refractivity contribution >= 4 is 40.0 Å². The van der Waals surface area contributed by atoms with Crippen LogP contribution in [-0.2, 0) is 4.79 Å². The normalized spacial score (nSPS) is 10.3. The molecule has 2 aromatic rings. The van der Waals surface area contributed by atoms with E-state index in [0.717, 1.165) is 16.2 Å². The standard InChI is InChI=1S/C15H15NO3S2/c1-10-2-4-11(5-3-10)20-9-8-13(17)16-14-7-6-12(21-14)15(18)19/h2-7H,8-9H2,1H3,(H,16,17)(H,18,19). The smallest absolute Gasteiger partial charge is 0.345 e. The van der Waals surface area contributed by atoms with Crippen LogP contribution in [0.2, 0.25) is 0 Å². The molecule has 1 amide bonds. The lowest BCUT2D eigenvalue weighted by atomic mass is 10.2. The number of carbonyl (C=O) groups is 2. The fourth-order valence-corrected chi connectivity index (χ4v) is 3.23. The number of amides is 1. The highest BCUT2D eigenvalue weighted by molar-refractivity contribution is 7.99. The first-order chi connectivity index (χ1) is 10.0. The number of carboxylic acid groups (broad SMARTS) is 1. The topological polar surface area (TPSA) is 66.4 Å². The minimum absolute atomic E-state index is 0.103. The van der Waals surface area contributed by atoms with Gasteiger partial charge in [-0.3, -0.25) is 4.79 Å². The summed E-state index contributed by atoms with van der Waals surface area (Å²) in [7, 11) is 0. The number of thiophene rings is 1. The van der Waals surface area contributed by atoms with Crippen LogP contribution in [0.4, 0.5) is 5.00 Å². The average molecular weight is 321 g/mol. The Kier molecular flexibility index (Phi) is 5.41. The molecule has 0 saturated heterocycles. The van der Waals surface area contributed by atoms with Gasteiger partial charge < -0.3 is 10.4 Å². The summed E-state index contributed by atoms with van der Waals surface area (Å²) in [6, 6.07) is 11.3. The van der Waals surface area contributed by atoms with E-state index in [9.17, 15) is 9.59 Å². The number of aryl methyl sites for hydroxylation is 1.